The molecule has 2 aromatic carbocycles. The monoisotopic (exact) mass is 298 g/mol. The summed E-state index contributed by atoms with van der Waals surface area (Å²) in [4.78, 5) is 0. The fourth-order valence-corrected chi connectivity index (χ4v) is 1.75. The van der Waals surface area contributed by atoms with Crippen molar-refractivity contribution >= 4 is 23.5 Å². The lowest BCUT2D eigenvalue weighted by atomic mass is 10.1. The molecule has 0 radical (unpaired) electrons. The van der Waals surface area contributed by atoms with Crippen LogP contribution >= 0.6 is 11.6 Å². The van der Waals surface area contributed by atoms with Crippen LogP contribution in [0.15, 0.2) is 53.6 Å². The second kappa shape index (κ2) is 5.96. The average molecular weight is 299 g/mol. The predicted octanol–water partition coefficient (Wildman–Crippen LogP) is 4.80. The van der Waals surface area contributed by atoms with Gasteiger partial charge in [0.05, 0.1) is 17.5 Å². The topological polar surface area (TPSA) is 24.4 Å². The summed E-state index contributed by atoms with van der Waals surface area (Å²) in [7, 11) is 0. The molecule has 0 heterocycles. The number of alkyl halides is 3. The summed E-state index contributed by atoms with van der Waals surface area (Å²) in [5.41, 5.74) is 2.48. The van der Waals surface area contributed by atoms with Gasteiger partial charge in [0, 0.05) is 10.6 Å². The first-order valence-electron chi connectivity index (χ1n) is 5.68. The number of benzene rings is 2. The molecule has 20 heavy (non-hydrogen) atoms. The van der Waals surface area contributed by atoms with Crippen LogP contribution in [0.1, 0.15) is 11.1 Å². The molecule has 0 aliphatic carbocycles. The van der Waals surface area contributed by atoms with Crippen LogP contribution in [-0.4, -0.2) is 6.21 Å². The number of nitrogens with zero attached hydrogens (tertiary/aromatic N) is 1. The molecular weight excluding hydrogens is 289 g/mol. The molecule has 0 aliphatic heterocycles. The molecule has 0 amide bonds. The van der Waals surface area contributed by atoms with Gasteiger partial charge in [-0.05, 0) is 24.3 Å². The Kier molecular flexibility index (Phi) is 4.29. The SMILES string of the molecule is FC(F)(F)c1cc(Cl)ccc1C=NNc1ccccc1. The third-order valence-electron chi connectivity index (χ3n) is 2.49. The number of nitrogens with one attached hydrogen (secondary N) is 1. The van der Waals surface area contributed by atoms with Gasteiger partial charge in [0.1, 0.15) is 0 Å². The molecule has 6 heteroatoms. The normalized spacial score (nSPS) is 11.8. The first kappa shape index (κ1) is 14.4. The Balaban J connectivity index is 2.21. The fraction of sp³-hybridized carbons (Fsp3) is 0.0714. The van der Waals surface area contributed by atoms with Gasteiger partial charge in [0.15, 0.2) is 0 Å². The van der Waals surface area contributed by atoms with Crippen molar-refractivity contribution in [2.24, 2.45) is 5.10 Å². The van der Waals surface area contributed by atoms with Gasteiger partial charge in [0.2, 0.25) is 0 Å². The van der Waals surface area contributed by atoms with Gasteiger partial charge < -0.3 is 0 Å². The summed E-state index contributed by atoms with van der Waals surface area (Å²) in [6, 6.07) is 12.5. The van der Waals surface area contributed by atoms with Crippen LogP contribution in [0.2, 0.25) is 5.02 Å². The second-order valence-electron chi connectivity index (χ2n) is 3.97. The maximum Gasteiger partial charge on any atom is 0.417 e. The number of para-hydroxylation sites is 1. The maximum absolute atomic E-state index is 12.8. The van der Waals surface area contributed by atoms with Crippen LogP contribution in [-0.2, 0) is 6.18 Å². The van der Waals surface area contributed by atoms with E-state index in [1.807, 2.05) is 6.07 Å². The summed E-state index contributed by atoms with van der Waals surface area (Å²) >= 11 is 5.59. The molecule has 1 N–H and O–H groups in total. The van der Waals surface area contributed by atoms with E-state index in [2.05, 4.69) is 10.5 Å². The highest BCUT2D eigenvalue weighted by atomic mass is 35.5. The fourth-order valence-electron chi connectivity index (χ4n) is 1.58. The van der Waals surface area contributed by atoms with Crippen LogP contribution in [0.5, 0.6) is 0 Å². The predicted molar refractivity (Wildman–Crippen MR) is 74.1 cm³/mol. The lowest BCUT2D eigenvalue weighted by Crippen LogP contribution is -2.09. The van der Waals surface area contributed by atoms with Crippen molar-refractivity contribution in [1.29, 1.82) is 0 Å². The lowest BCUT2D eigenvalue weighted by molar-refractivity contribution is -0.137. The molecule has 0 bridgehead atoms. The summed E-state index contributed by atoms with van der Waals surface area (Å²) in [6.07, 6.45) is -3.36. The van der Waals surface area contributed by atoms with Crippen LogP contribution < -0.4 is 5.43 Å². The largest absolute Gasteiger partial charge is 0.417 e. The van der Waals surface area contributed by atoms with Crippen LogP contribution in [0.25, 0.3) is 0 Å². The van der Waals surface area contributed by atoms with Crippen LogP contribution in [0.4, 0.5) is 18.9 Å². The van der Waals surface area contributed by atoms with Gasteiger partial charge in [-0.15, -0.1) is 0 Å². The van der Waals surface area contributed by atoms with E-state index in [0.717, 1.165) is 12.3 Å². The molecule has 0 atom stereocenters. The molecule has 0 unspecified atom stereocenters. The van der Waals surface area contributed by atoms with E-state index in [9.17, 15) is 13.2 Å². The van der Waals surface area contributed by atoms with Crippen molar-refractivity contribution in [2.75, 3.05) is 5.43 Å². The van der Waals surface area contributed by atoms with E-state index in [-0.39, 0.29) is 10.6 Å². The Morgan fingerprint density at radius 1 is 1.05 bits per heavy atom. The Labute approximate surface area is 118 Å². The molecular formula is C14H10ClF3N2. The minimum Gasteiger partial charge on any atom is -0.279 e. The van der Waals surface area contributed by atoms with Gasteiger partial charge in [-0.2, -0.15) is 18.3 Å². The molecule has 2 rings (SSSR count). The smallest absolute Gasteiger partial charge is 0.279 e. The minimum absolute atomic E-state index is 0.0329. The second-order valence-corrected chi connectivity index (χ2v) is 4.40. The standard InChI is InChI=1S/C14H10ClF3N2/c15-11-7-6-10(13(8-11)14(16,17)18)9-19-20-12-4-2-1-3-5-12/h1-9,20H. The van der Waals surface area contributed by atoms with E-state index in [1.54, 1.807) is 24.3 Å². The molecule has 104 valence electrons. The van der Waals surface area contributed by atoms with Gasteiger partial charge in [0.25, 0.3) is 0 Å². The van der Waals surface area contributed by atoms with E-state index < -0.39 is 11.7 Å². The summed E-state index contributed by atoms with van der Waals surface area (Å²) in [6.45, 7) is 0. The Bertz CT molecular complexity index is 610. The van der Waals surface area contributed by atoms with Crippen molar-refractivity contribution in [1.82, 2.24) is 0 Å². The first-order chi connectivity index (χ1) is 9.47. The number of hydrogen-bond donors (Lipinski definition) is 1. The molecule has 2 aromatic rings. The van der Waals surface area contributed by atoms with E-state index >= 15 is 0 Å². The first-order valence-corrected chi connectivity index (χ1v) is 6.05. The number of halogens is 4. The lowest BCUT2D eigenvalue weighted by Gasteiger charge is -2.10. The summed E-state index contributed by atoms with van der Waals surface area (Å²) in [5.74, 6) is 0. The van der Waals surface area contributed by atoms with Crippen molar-refractivity contribution in [3.05, 3.63) is 64.7 Å². The molecule has 0 saturated heterocycles. The summed E-state index contributed by atoms with van der Waals surface area (Å²) in [5, 5.41) is 3.83. The van der Waals surface area contributed by atoms with E-state index in [0.29, 0.717) is 5.69 Å². The zero-order valence-corrected chi connectivity index (χ0v) is 10.9. The molecule has 0 spiro atoms. The summed E-state index contributed by atoms with van der Waals surface area (Å²) < 4.78 is 38.5. The molecule has 0 aliphatic rings. The molecule has 0 aromatic heterocycles. The van der Waals surface area contributed by atoms with Gasteiger partial charge in [-0.25, -0.2) is 0 Å². The van der Waals surface area contributed by atoms with Crippen LogP contribution in [0, 0.1) is 0 Å². The molecule has 0 saturated carbocycles. The average Bonchev–Trinajstić information content (AvgIpc) is 2.40. The minimum atomic E-state index is -4.47. The Morgan fingerprint density at radius 2 is 1.75 bits per heavy atom. The maximum atomic E-state index is 12.8. The zero-order chi connectivity index (χ0) is 14.6. The number of anilines is 1. The third kappa shape index (κ3) is 3.74. The Hall–Kier alpha value is -2.01. The molecule has 2 nitrogen and oxygen atoms in total. The Morgan fingerprint density at radius 3 is 2.40 bits per heavy atom. The van der Waals surface area contributed by atoms with Crippen molar-refractivity contribution in [2.45, 2.75) is 6.18 Å². The van der Waals surface area contributed by atoms with Gasteiger partial charge in [-0.1, -0.05) is 35.9 Å². The van der Waals surface area contributed by atoms with Crippen LogP contribution in [0.3, 0.4) is 0 Å². The van der Waals surface area contributed by atoms with Gasteiger partial charge >= 0.3 is 6.18 Å². The number of rotatable bonds is 3. The van der Waals surface area contributed by atoms with E-state index in [4.69, 9.17) is 11.6 Å². The van der Waals surface area contributed by atoms with Crippen molar-refractivity contribution < 1.29 is 13.2 Å². The number of hydrogen-bond acceptors (Lipinski definition) is 2. The van der Waals surface area contributed by atoms with E-state index in [1.165, 1.54) is 12.1 Å². The highest BCUT2D eigenvalue weighted by molar-refractivity contribution is 6.30. The molecule has 0 fully saturated rings. The highest BCUT2D eigenvalue weighted by Crippen LogP contribution is 2.33. The third-order valence-corrected chi connectivity index (χ3v) is 2.73. The zero-order valence-electron chi connectivity index (χ0n) is 10.2. The van der Waals surface area contributed by atoms with Crippen molar-refractivity contribution in [3.8, 4) is 0 Å². The van der Waals surface area contributed by atoms with Crippen molar-refractivity contribution in [3.63, 3.8) is 0 Å². The quantitative estimate of drug-likeness (QED) is 0.638. The van der Waals surface area contributed by atoms with Gasteiger partial charge in [-0.3, -0.25) is 5.43 Å². The highest BCUT2D eigenvalue weighted by Gasteiger charge is 2.33. The number of hydrazone groups is 1.